The molecule has 0 aliphatic heterocycles. The summed E-state index contributed by atoms with van der Waals surface area (Å²) in [5.41, 5.74) is 0. The maximum Gasteiger partial charge on any atom is 0.213 e. The molecule has 7 heteroatoms. The van der Waals surface area contributed by atoms with E-state index in [2.05, 4.69) is 40.9 Å². The molecule has 0 fully saturated rings. The molecule has 0 radical (unpaired) electrons. The fourth-order valence-electron chi connectivity index (χ4n) is 1.14. The fourth-order valence-corrected chi connectivity index (χ4v) is 1.92. The van der Waals surface area contributed by atoms with Crippen LogP contribution < -0.4 is 5.32 Å². The third-order valence-electron chi connectivity index (χ3n) is 1.86. The first-order valence-electron chi connectivity index (χ1n) is 4.56. The summed E-state index contributed by atoms with van der Waals surface area (Å²) >= 11 is 9.15. The Kier molecular flexibility index (Phi) is 3.74. The standard InChI is InChI=1S/C9H8BrClN4O/c10-7-3-6(11)4-13-9(7)12-2-1-8-14-5-16-15-8/h3-5H,1-2H2,(H,12,13). The third kappa shape index (κ3) is 2.93. The van der Waals surface area contributed by atoms with E-state index in [-0.39, 0.29) is 0 Å². The van der Waals surface area contributed by atoms with Crippen LogP contribution in [-0.2, 0) is 6.42 Å². The highest BCUT2D eigenvalue weighted by atomic mass is 79.9. The molecule has 2 heterocycles. The Balaban J connectivity index is 1.90. The second-order valence-corrected chi connectivity index (χ2v) is 4.30. The van der Waals surface area contributed by atoms with Crippen molar-refractivity contribution in [1.29, 1.82) is 0 Å². The lowest BCUT2D eigenvalue weighted by Gasteiger charge is -2.05. The van der Waals surface area contributed by atoms with E-state index in [0.29, 0.717) is 23.8 Å². The van der Waals surface area contributed by atoms with E-state index in [1.165, 1.54) is 6.39 Å². The Morgan fingerprint density at radius 2 is 2.31 bits per heavy atom. The Morgan fingerprint density at radius 1 is 1.44 bits per heavy atom. The van der Waals surface area contributed by atoms with E-state index < -0.39 is 0 Å². The normalized spacial score (nSPS) is 10.4. The number of nitrogens with zero attached hydrogens (tertiary/aromatic N) is 3. The highest BCUT2D eigenvalue weighted by molar-refractivity contribution is 9.10. The number of anilines is 1. The molecular weight excluding hydrogens is 295 g/mol. The Morgan fingerprint density at radius 3 is 3.00 bits per heavy atom. The van der Waals surface area contributed by atoms with E-state index in [0.717, 1.165) is 10.3 Å². The second-order valence-electron chi connectivity index (χ2n) is 3.01. The molecule has 0 atom stereocenters. The van der Waals surface area contributed by atoms with Crippen LogP contribution in [0.25, 0.3) is 0 Å². The summed E-state index contributed by atoms with van der Waals surface area (Å²) in [6, 6.07) is 1.78. The first-order chi connectivity index (χ1) is 7.75. The molecule has 0 bridgehead atoms. The molecule has 1 N–H and O–H groups in total. The van der Waals surface area contributed by atoms with E-state index in [4.69, 9.17) is 11.6 Å². The molecule has 16 heavy (non-hydrogen) atoms. The van der Waals surface area contributed by atoms with Crippen molar-refractivity contribution >= 4 is 33.3 Å². The van der Waals surface area contributed by atoms with Crippen LogP contribution in [0.4, 0.5) is 5.82 Å². The average Bonchev–Trinajstić information content (AvgIpc) is 2.74. The zero-order valence-corrected chi connectivity index (χ0v) is 10.5. The van der Waals surface area contributed by atoms with Crippen LogP contribution in [0.3, 0.4) is 0 Å². The molecule has 84 valence electrons. The highest BCUT2D eigenvalue weighted by Gasteiger charge is 2.03. The molecule has 0 saturated carbocycles. The number of nitrogens with one attached hydrogen (secondary N) is 1. The largest absolute Gasteiger partial charge is 0.369 e. The van der Waals surface area contributed by atoms with Gasteiger partial charge in [0.05, 0.1) is 9.50 Å². The van der Waals surface area contributed by atoms with Gasteiger partial charge in [-0.3, -0.25) is 0 Å². The summed E-state index contributed by atoms with van der Waals surface area (Å²) in [5.74, 6) is 1.41. The lowest BCUT2D eigenvalue weighted by atomic mass is 10.4. The van der Waals surface area contributed by atoms with Crippen LogP contribution in [-0.4, -0.2) is 21.7 Å². The van der Waals surface area contributed by atoms with Crippen LogP contribution in [0.15, 0.2) is 27.7 Å². The van der Waals surface area contributed by atoms with Crippen molar-refractivity contribution in [3.05, 3.63) is 34.0 Å². The van der Waals surface area contributed by atoms with E-state index in [1.807, 2.05) is 0 Å². The van der Waals surface area contributed by atoms with Crippen LogP contribution in [0.1, 0.15) is 5.82 Å². The van der Waals surface area contributed by atoms with E-state index in [1.54, 1.807) is 12.3 Å². The quantitative estimate of drug-likeness (QED) is 0.940. The van der Waals surface area contributed by atoms with Gasteiger partial charge in [0, 0.05) is 19.2 Å². The highest BCUT2D eigenvalue weighted by Crippen LogP contribution is 2.22. The zero-order valence-electron chi connectivity index (χ0n) is 8.15. The van der Waals surface area contributed by atoms with Crippen molar-refractivity contribution in [1.82, 2.24) is 15.1 Å². The molecule has 0 aromatic carbocycles. The van der Waals surface area contributed by atoms with Crippen molar-refractivity contribution in [2.45, 2.75) is 6.42 Å². The lowest BCUT2D eigenvalue weighted by molar-refractivity contribution is 0.410. The van der Waals surface area contributed by atoms with Gasteiger partial charge in [-0.1, -0.05) is 16.8 Å². The molecule has 5 nitrogen and oxygen atoms in total. The molecular formula is C9H8BrClN4O. The zero-order chi connectivity index (χ0) is 11.4. The van der Waals surface area contributed by atoms with Gasteiger partial charge >= 0.3 is 0 Å². The first kappa shape index (κ1) is 11.3. The summed E-state index contributed by atoms with van der Waals surface area (Å²) in [6.07, 6.45) is 3.57. The van der Waals surface area contributed by atoms with Crippen molar-refractivity contribution < 1.29 is 4.52 Å². The topological polar surface area (TPSA) is 63.8 Å². The van der Waals surface area contributed by atoms with Crippen LogP contribution in [0, 0.1) is 0 Å². The molecule has 0 spiro atoms. The van der Waals surface area contributed by atoms with E-state index in [9.17, 15) is 0 Å². The van der Waals surface area contributed by atoms with Crippen molar-refractivity contribution in [3.8, 4) is 0 Å². The van der Waals surface area contributed by atoms with Crippen molar-refractivity contribution in [2.24, 2.45) is 0 Å². The van der Waals surface area contributed by atoms with Gasteiger partial charge in [-0.05, 0) is 22.0 Å². The minimum atomic E-state index is 0.593. The van der Waals surface area contributed by atoms with Gasteiger partial charge in [0.1, 0.15) is 5.82 Å². The summed E-state index contributed by atoms with van der Waals surface area (Å²) in [4.78, 5) is 8.06. The maximum atomic E-state index is 5.78. The second kappa shape index (κ2) is 5.27. The molecule has 0 amide bonds. The van der Waals surface area contributed by atoms with Crippen LogP contribution >= 0.6 is 27.5 Å². The summed E-state index contributed by atoms with van der Waals surface area (Å²) in [6.45, 7) is 0.673. The molecule has 0 aliphatic carbocycles. The Bertz CT molecular complexity index is 463. The number of rotatable bonds is 4. The number of aromatic nitrogens is 3. The number of hydrogen-bond acceptors (Lipinski definition) is 5. The van der Waals surface area contributed by atoms with E-state index >= 15 is 0 Å². The maximum absolute atomic E-state index is 5.78. The predicted molar refractivity (Wildman–Crippen MR) is 63.4 cm³/mol. The molecule has 0 saturated heterocycles. The van der Waals surface area contributed by atoms with Gasteiger partial charge in [0.15, 0.2) is 5.82 Å². The van der Waals surface area contributed by atoms with Gasteiger partial charge in [-0.2, -0.15) is 4.98 Å². The monoisotopic (exact) mass is 302 g/mol. The Hall–Kier alpha value is -1.14. The molecule has 2 aromatic rings. The third-order valence-corrected chi connectivity index (χ3v) is 2.67. The molecule has 2 rings (SSSR count). The summed E-state index contributed by atoms with van der Waals surface area (Å²) in [5, 5.41) is 7.44. The van der Waals surface area contributed by atoms with Crippen molar-refractivity contribution in [2.75, 3.05) is 11.9 Å². The predicted octanol–water partition coefficient (Wildman–Crippen LogP) is 2.54. The van der Waals surface area contributed by atoms with Crippen LogP contribution in [0.5, 0.6) is 0 Å². The minimum Gasteiger partial charge on any atom is -0.369 e. The number of halogens is 2. The summed E-state index contributed by atoms with van der Waals surface area (Å²) < 4.78 is 5.45. The minimum absolute atomic E-state index is 0.593. The van der Waals surface area contributed by atoms with Gasteiger partial charge in [0.2, 0.25) is 6.39 Å². The Labute approximate surface area is 105 Å². The van der Waals surface area contributed by atoms with Crippen LogP contribution in [0.2, 0.25) is 5.02 Å². The molecule has 0 unspecified atom stereocenters. The van der Waals surface area contributed by atoms with Gasteiger partial charge in [-0.15, -0.1) is 0 Å². The fraction of sp³-hybridized carbons (Fsp3) is 0.222. The van der Waals surface area contributed by atoms with Crippen molar-refractivity contribution in [3.63, 3.8) is 0 Å². The number of hydrogen-bond donors (Lipinski definition) is 1. The SMILES string of the molecule is Clc1cnc(NCCc2ncon2)c(Br)c1. The smallest absolute Gasteiger partial charge is 0.213 e. The van der Waals surface area contributed by atoms with Gasteiger partial charge < -0.3 is 9.84 Å². The average molecular weight is 304 g/mol. The number of pyridine rings is 1. The summed E-state index contributed by atoms with van der Waals surface area (Å²) in [7, 11) is 0. The molecule has 0 aliphatic rings. The lowest BCUT2D eigenvalue weighted by Crippen LogP contribution is -2.07. The van der Waals surface area contributed by atoms with Gasteiger partial charge in [0.25, 0.3) is 0 Å². The first-order valence-corrected chi connectivity index (χ1v) is 5.73. The van der Waals surface area contributed by atoms with Gasteiger partial charge in [-0.25, -0.2) is 4.98 Å². The molecule has 2 aromatic heterocycles.